The van der Waals surface area contributed by atoms with Gasteiger partial charge in [-0.3, -0.25) is 0 Å². The van der Waals surface area contributed by atoms with Gasteiger partial charge in [-0.1, -0.05) is 5.18 Å². The van der Waals surface area contributed by atoms with Crippen LogP contribution in [0.25, 0.3) is 0 Å². The molecule has 1 aliphatic rings. The lowest BCUT2D eigenvalue weighted by molar-refractivity contribution is 0.0379. The fourth-order valence-electron chi connectivity index (χ4n) is 1.21. The van der Waals surface area contributed by atoms with Crippen LogP contribution in [0.4, 0.5) is 0 Å². The van der Waals surface area contributed by atoms with Gasteiger partial charge >= 0.3 is 0 Å². The van der Waals surface area contributed by atoms with E-state index in [0.29, 0.717) is 6.42 Å². The molecule has 0 aromatic rings. The highest BCUT2D eigenvalue weighted by atomic mass is 16.5. The fourth-order valence-corrected chi connectivity index (χ4v) is 1.21. The maximum absolute atomic E-state index is 10.1. The van der Waals surface area contributed by atoms with Gasteiger partial charge < -0.3 is 9.84 Å². The number of nitroso groups, excluding NO2 is 1. The molecule has 3 atom stereocenters. The quantitative estimate of drug-likeness (QED) is 0.392. The molecule has 1 aliphatic heterocycles. The largest absolute Gasteiger partial charge is 0.394 e. The zero-order valence-electron chi connectivity index (χ0n) is 5.86. The monoisotopic (exact) mass is 143 g/mol. The van der Waals surface area contributed by atoms with Crippen LogP contribution < -0.4 is 0 Å². The Morgan fingerprint density at radius 2 is 2.50 bits per heavy atom. The maximum atomic E-state index is 10.1. The summed E-state index contributed by atoms with van der Waals surface area (Å²) in [7, 11) is 1.87. The molecule has 0 amide bonds. The highest BCUT2D eigenvalue weighted by Gasteiger charge is 2.32. The van der Waals surface area contributed by atoms with Crippen molar-refractivity contribution in [3.63, 3.8) is 0 Å². The van der Waals surface area contributed by atoms with Gasteiger partial charge in [-0.25, -0.2) is 0 Å². The first kappa shape index (κ1) is 7.69. The number of rotatable bonds is 2. The Bertz CT molecular complexity index is 132. The summed E-state index contributed by atoms with van der Waals surface area (Å²) < 4.78 is 5.17. The van der Waals surface area contributed by atoms with Crippen LogP contribution in [0.15, 0.2) is 5.18 Å². The number of ether oxygens (including phenoxy) is 1. The molecular formula is C5H10BNO3. The summed E-state index contributed by atoms with van der Waals surface area (Å²) in [6.07, 6.45) is 0.266. The van der Waals surface area contributed by atoms with Crippen molar-refractivity contribution in [1.29, 1.82) is 0 Å². The summed E-state index contributed by atoms with van der Waals surface area (Å²) in [5.41, 5.74) is 0. The molecule has 5 heteroatoms. The normalized spacial score (nSPS) is 39.9. The molecule has 10 heavy (non-hydrogen) atoms. The summed E-state index contributed by atoms with van der Waals surface area (Å²) in [4.78, 5) is 10.1. The van der Waals surface area contributed by atoms with Crippen molar-refractivity contribution in [2.45, 2.75) is 24.6 Å². The van der Waals surface area contributed by atoms with Gasteiger partial charge in [0.15, 0.2) is 0 Å². The van der Waals surface area contributed by atoms with Crippen LogP contribution in [0, 0.1) is 4.91 Å². The lowest BCUT2D eigenvalue weighted by Gasteiger charge is -2.07. The van der Waals surface area contributed by atoms with E-state index in [9.17, 15) is 4.91 Å². The molecule has 0 unspecified atom stereocenters. The summed E-state index contributed by atoms with van der Waals surface area (Å²) in [6.45, 7) is -0.110. The first-order valence-electron chi connectivity index (χ1n) is 3.36. The number of hydrogen-bond donors (Lipinski definition) is 1. The van der Waals surface area contributed by atoms with E-state index in [1.807, 2.05) is 7.85 Å². The number of aliphatic hydroxyl groups is 1. The molecule has 1 fully saturated rings. The second-order valence-corrected chi connectivity index (χ2v) is 2.58. The van der Waals surface area contributed by atoms with Crippen molar-refractivity contribution >= 4 is 7.85 Å². The van der Waals surface area contributed by atoms with Crippen LogP contribution in [-0.4, -0.2) is 37.7 Å². The zero-order valence-corrected chi connectivity index (χ0v) is 5.86. The molecule has 0 radical (unpaired) electrons. The van der Waals surface area contributed by atoms with Gasteiger partial charge in [0.05, 0.1) is 6.61 Å². The molecule has 0 spiro atoms. The van der Waals surface area contributed by atoms with E-state index >= 15 is 0 Å². The van der Waals surface area contributed by atoms with Crippen molar-refractivity contribution in [2.75, 3.05) is 6.61 Å². The minimum absolute atomic E-state index is 0.0554. The molecule has 4 nitrogen and oxygen atoms in total. The molecule has 56 valence electrons. The SMILES string of the molecule is B[C@H]1C[C@H](N=O)[C@@H](CO)O1. The molecule has 0 aliphatic carbocycles. The van der Waals surface area contributed by atoms with Crippen molar-refractivity contribution < 1.29 is 9.84 Å². The predicted molar refractivity (Wildman–Crippen MR) is 38.5 cm³/mol. The molecule has 1 N–H and O–H groups in total. The van der Waals surface area contributed by atoms with Crippen molar-refractivity contribution in [3.8, 4) is 0 Å². The van der Waals surface area contributed by atoms with E-state index in [1.54, 1.807) is 0 Å². The van der Waals surface area contributed by atoms with E-state index in [1.165, 1.54) is 0 Å². The Hall–Kier alpha value is -0.415. The van der Waals surface area contributed by atoms with Crippen LogP contribution in [0.5, 0.6) is 0 Å². The average Bonchev–Trinajstić information content (AvgIpc) is 2.30. The molecule has 0 aromatic carbocycles. The van der Waals surface area contributed by atoms with E-state index in [4.69, 9.17) is 9.84 Å². The van der Waals surface area contributed by atoms with Crippen LogP contribution in [0.1, 0.15) is 6.42 Å². The summed E-state index contributed by atoms with van der Waals surface area (Å²) in [5.74, 6) is 0. The highest BCUT2D eigenvalue weighted by molar-refractivity contribution is 6.11. The summed E-state index contributed by atoms with van der Waals surface area (Å²) in [5, 5.41) is 11.5. The van der Waals surface area contributed by atoms with Gasteiger partial charge in [-0.2, -0.15) is 4.91 Å². The second kappa shape index (κ2) is 3.12. The summed E-state index contributed by atoms with van der Waals surface area (Å²) in [6, 6.07) is -0.292. The van der Waals surface area contributed by atoms with Gasteiger partial charge in [-0.05, 0) is 6.42 Å². The third-order valence-corrected chi connectivity index (χ3v) is 1.73. The smallest absolute Gasteiger partial charge is 0.139 e. The third kappa shape index (κ3) is 1.35. The minimum Gasteiger partial charge on any atom is -0.394 e. The Morgan fingerprint density at radius 1 is 1.80 bits per heavy atom. The molecule has 0 bridgehead atoms. The minimum atomic E-state index is -0.368. The lowest BCUT2D eigenvalue weighted by Crippen LogP contribution is -2.23. The Morgan fingerprint density at radius 3 is 2.90 bits per heavy atom. The highest BCUT2D eigenvalue weighted by Crippen LogP contribution is 2.20. The predicted octanol–water partition coefficient (Wildman–Crippen LogP) is -1.14. The zero-order chi connectivity index (χ0) is 7.56. The Balaban J connectivity index is 2.48. The molecular weight excluding hydrogens is 133 g/mol. The standard InChI is InChI=1S/C5H10BNO3/c6-5-1-3(7-9)4(2-8)10-5/h3-5,8H,1-2,6H2/t3-,4+,5+/m0/s1. The number of nitrogens with zero attached hydrogens (tertiary/aromatic N) is 1. The van der Waals surface area contributed by atoms with E-state index in [2.05, 4.69) is 5.18 Å². The van der Waals surface area contributed by atoms with Crippen molar-refractivity contribution in [2.24, 2.45) is 5.18 Å². The molecule has 1 heterocycles. The third-order valence-electron chi connectivity index (χ3n) is 1.73. The number of hydrogen-bond acceptors (Lipinski definition) is 4. The molecule has 0 saturated carbocycles. The van der Waals surface area contributed by atoms with E-state index < -0.39 is 0 Å². The molecule has 1 rings (SSSR count). The fraction of sp³-hybridized carbons (Fsp3) is 1.00. The van der Waals surface area contributed by atoms with Gasteiger partial charge in [-0.15, -0.1) is 0 Å². The van der Waals surface area contributed by atoms with E-state index in [0.717, 1.165) is 0 Å². The van der Waals surface area contributed by atoms with Crippen LogP contribution in [-0.2, 0) is 4.74 Å². The van der Waals surface area contributed by atoms with Gasteiger partial charge in [0.25, 0.3) is 0 Å². The topological polar surface area (TPSA) is 58.9 Å². The molecule has 0 aromatic heterocycles. The van der Waals surface area contributed by atoms with Gasteiger partial charge in [0.2, 0.25) is 0 Å². The van der Waals surface area contributed by atoms with Crippen LogP contribution in [0.3, 0.4) is 0 Å². The van der Waals surface area contributed by atoms with Gasteiger partial charge in [0.1, 0.15) is 20.0 Å². The van der Waals surface area contributed by atoms with Crippen molar-refractivity contribution in [1.82, 2.24) is 0 Å². The first-order chi connectivity index (χ1) is 4.77. The van der Waals surface area contributed by atoms with Crippen LogP contribution in [0.2, 0.25) is 0 Å². The second-order valence-electron chi connectivity index (χ2n) is 2.58. The first-order valence-corrected chi connectivity index (χ1v) is 3.36. The van der Waals surface area contributed by atoms with Crippen molar-refractivity contribution in [3.05, 3.63) is 4.91 Å². The Kier molecular flexibility index (Phi) is 2.40. The molecule has 1 saturated heterocycles. The number of aliphatic hydroxyl groups excluding tert-OH is 1. The Labute approximate surface area is 59.9 Å². The lowest BCUT2D eigenvalue weighted by atomic mass is 9.95. The van der Waals surface area contributed by atoms with Gasteiger partial charge in [0, 0.05) is 6.00 Å². The summed E-state index contributed by atoms with van der Waals surface area (Å²) >= 11 is 0. The maximum Gasteiger partial charge on any atom is 0.139 e. The van der Waals surface area contributed by atoms with E-state index in [-0.39, 0.29) is 24.8 Å². The average molecular weight is 143 g/mol. The van der Waals surface area contributed by atoms with Crippen LogP contribution >= 0.6 is 0 Å².